The third kappa shape index (κ3) is 4.37. The highest BCUT2D eigenvalue weighted by Crippen LogP contribution is 2.25. The highest BCUT2D eigenvalue weighted by Gasteiger charge is 2.20. The van der Waals surface area contributed by atoms with Crippen LogP contribution in [0.5, 0.6) is 0 Å². The number of sulfonamides is 1. The Labute approximate surface area is 148 Å². The van der Waals surface area contributed by atoms with Crippen LogP contribution < -0.4 is 16.0 Å². The third-order valence-corrected chi connectivity index (χ3v) is 5.21. The van der Waals surface area contributed by atoms with Gasteiger partial charge in [-0.3, -0.25) is 14.9 Å². The van der Waals surface area contributed by atoms with E-state index in [2.05, 4.69) is 25.5 Å². The molecule has 0 aliphatic heterocycles. The van der Waals surface area contributed by atoms with Gasteiger partial charge in [0.1, 0.15) is 0 Å². The molecule has 2 aromatic rings. The molecule has 0 fully saturated rings. The van der Waals surface area contributed by atoms with E-state index in [1.165, 1.54) is 0 Å². The zero-order valence-corrected chi connectivity index (χ0v) is 15.6. The van der Waals surface area contributed by atoms with Gasteiger partial charge in [-0.25, -0.2) is 14.3 Å². The summed E-state index contributed by atoms with van der Waals surface area (Å²) in [6.45, 7) is 7.97. The number of aryl methyl sites for hydroxylation is 1. The zero-order chi connectivity index (χ0) is 18.8. The molecule has 2 aromatic carbocycles. The summed E-state index contributed by atoms with van der Waals surface area (Å²) in [7, 11) is -3.82. The lowest BCUT2D eigenvalue weighted by molar-refractivity contribution is 0.0954. The highest BCUT2D eigenvalue weighted by molar-refractivity contribution is 7.92. The Morgan fingerprint density at radius 2 is 1.64 bits per heavy atom. The summed E-state index contributed by atoms with van der Waals surface area (Å²) in [4.78, 5) is 12.0. The van der Waals surface area contributed by atoms with Crippen molar-refractivity contribution in [3.05, 3.63) is 59.2 Å². The molecular formula is C18H23N3O3S. The summed E-state index contributed by atoms with van der Waals surface area (Å²) in [6.07, 6.45) is 0. The fourth-order valence-electron chi connectivity index (χ4n) is 2.35. The van der Waals surface area contributed by atoms with Crippen molar-refractivity contribution in [3.63, 3.8) is 0 Å². The van der Waals surface area contributed by atoms with Crippen LogP contribution in [0, 0.1) is 6.92 Å². The molecule has 0 bridgehead atoms. The SMILES string of the molecule is Cc1ccc(NS(=O)(=O)c2ccc(C(C)(C)C)cc2)c(C(=O)NN)c1. The van der Waals surface area contributed by atoms with Gasteiger partial charge >= 0.3 is 0 Å². The fraction of sp³-hybridized carbons (Fsp3) is 0.278. The second kappa shape index (κ2) is 6.85. The number of hydrogen-bond donors (Lipinski definition) is 3. The number of rotatable bonds is 4. The van der Waals surface area contributed by atoms with Crippen LogP contribution in [0.25, 0.3) is 0 Å². The maximum absolute atomic E-state index is 12.6. The van der Waals surface area contributed by atoms with E-state index in [1.54, 1.807) is 49.4 Å². The average molecular weight is 361 g/mol. The van der Waals surface area contributed by atoms with Crippen LogP contribution in [0.15, 0.2) is 47.4 Å². The molecule has 134 valence electrons. The van der Waals surface area contributed by atoms with Crippen molar-refractivity contribution >= 4 is 21.6 Å². The predicted molar refractivity (Wildman–Crippen MR) is 98.8 cm³/mol. The third-order valence-electron chi connectivity index (χ3n) is 3.83. The van der Waals surface area contributed by atoms with Crippen LogP contribution in [0.3, 0.4) is 0 Å². The number of hydrogen-bond acceptors (Lipinski definition) is 4. The van der Waals surface area contributed by atoms with E-state index in [1.807, 2.05) is 5.43 Å². The van der Waals surface area contributed by atoms with E-state index < -0.39 is 15.9 Å². The quantitative estimate of drug-likeness (QED) is 0.443. The molecule has 25 heavy (non-hydrogen) atoms. The maximum atomic E-state index is 12.6. The predicted octanol–water partition coefficient (Wildman–Crippen LogP) is 2.70. The van der Waals surface area contributed by atoms with Crippen LogP contribution in [0.4, 0.5) is 5.69 Å². The van der Waals surface area contributed by atoms with Gasteiger partial charge in [-0.2, -0.15) is 0 Å². The van der Waals surface area contributed by atoms with Gasteiger partial charge in [0.15, 0.2) is 0 Å². The molecular weight excluding hydrogens is 338 g/mol. The van der Waals surface area contributed by atoms with E-state index in [9.17, 15) is 13.2 Å². The Balaban J connectivity index is 2.38. The number of amides is 1. The van der Waals surface area contributed by atoms with Crippen molar-refractivity contribution in [2.24, 2.45) is 5.84 Å². The molecule has 2 rings (SSSR count). The average Bonchev–Trinajstić information content (AvgIpc) is 2.55. The molecule has 0 aliphatic rings. The standard InChI is InChI=1S/C18H23N3O3S/c1-12-5-10-16(15(11-12)17(22)20-19)21-25(23,24)14-8-6-13(7-9-14)18(2,3)4/h5-11,21H,19H2,1-4H3,(H,20,22). The van der Waals surface area contributed by atoms with Crippen LogP contribution in [0.2, 0.25) is 0 Å². The highest BCUT2D eigenvalue weighted by atomic mass is 32.2. The lowest BCUT2D eigenvalue weighted by Gasteiger charge is -2.19. The molecule has 0 unspecified atom stereocenters. The first kappa shape index (κ1) is 19.0. The van der Waals surface area contributed by atoms with Crippen molar-refractivity contribution in [2.75, 3.05) is 4.72 Å². The largest absolute Gasteiger partial charge is 0.290 e. The zero-order valence-electron chi connectivity index (χ0n) is 14.8. The van der Waals surface area contributed by atoms with E-state index in [-0.39, 0.29) is 21.6 Å². The molecule has 0 atom stereocenters. The summed E-state index contributed by atoms with van der Waals surface area (Å²) < 4.78 is 27.7. The van der Waals surface area contributed by atoms with Crippen molar-refractivity contribution in [1.29, 1.82) is 0 Å². The smallest absolute Gasteiger partial charge is 0.267 e. The molecule has 7 heteroatoms. The molecule has 0 saturated carbocycles. The normalized spacial score (nSPS) is 11.9. The number of nitrogens with one attached hydrogen (secondary N) is 2. The molecule has 0 aromatic heterocycles. The number of anilines is 1. The lowest BCUT2D eigenvalue weighted by atomic mass is 9.87. The van der Waals surface area contributed by atoms with E-state index in [0.717, 1.165) is 11.1 Å². The first-order valence-electron chi connectivity index (χ1n) is 7.79. The topological polar surface area (TPSA) is 101 Å². The summed E-state index contributed by atoms with van der Waals surface area (Å²) in [5.41, 5.74) is 4.14. The minimum Gasteiger partial charge on any atom is -0.290 e. The van der Waals surface area contributed by atoms with E-state index in [0.29, 0.717) is 0 Å². The summed E-state index contributed by atoms with van der Waals surface area (Å²) in [5.74, 6) is 4.61. The van der Waals surface area contributed by atoms with Crippen molar-refractivity contribution in [1.82, 2.24) is 5.43 Å². The molecule has 0 saturated heterocycles. The molecule has 6 nitrogen and oxygen atoms in total. The molecule has 0 spiro atoms. The molecule has 4 N–H and O–H groups in total. The summed E-state index contributed by atoms with van der Waals surface area (Å²) >= 11 is 0. The first-order chi connectivity index (χ1) is 11.5. The van der Waals surface area contributed by atoms with Crippen LogP contribution >= 0.6 is 0 Å². The van der Waals surface area contributed by atoms with Crippen LogP contribution in [-0.2, 0) is 15.4 Å². The van der Waals surface area contributed by atoms with Gasteiger partial charge in [-0.05, 0) is 42.2 Å². The van der Waals surface area contributed by atoms with Crippen molar-refractivity contribution < 1.29 is 13.2 Å². The number of carbonyl (C=O) groups excluding carboxylic acids is 1. The second-order valence-electron chi connectivity index (χ2n) is 6.90. The maximum Gasteiger partial charge on any atom is 0.267 e. The monoisotopic (exact) mass is 361 g/mol. The number of carbonyl (C=O) groups is 1. The molecule has 0 radical (unpaired) electrons. The minimum absolute atomic E-state index is 0.0704. The lowest BCUT2D eigenvalue weighted by Crippen LogP contribution is -2.31. The fourth-order valence-corrected chi connectivity index (χ4v) is 3.43. The Kier molecular flexibility index (Phi) is 5.20. The van der Waals surface area contributed by atoms with Gasteiger partial charge in [0, 0.05) is 0 Å². The number of nitrogen functional groups attached to an aromatic ring is 1. The molecule has 0 aliphatic carbocycles. The van der Waals surface area contributed by atoms with Crippen molar-refractivity contribution in [2.45, 2.75) is 38.0 Å². The van der Waals surface area contributed by atoms with Gasteiger partial charge in [0.2, 0.25) is 0 Å². The van der Waals surface area contributed by atoms with Gasteiger partial charge < -0.3 is 0 Å². The Bertz CT molecular complexity index is 883. The summed E-state index contributed by atoms with van der Waals surface area (Å²) in [5, 5.41) is 0. The van der Waals surface area contributed by atoms with Gasteiger partial charge in [0.05, 0.1) is 16.1 Å². The van der Waals surface area contributed by atoms with Crippen molar-refractivity contribution in [3.8, 4) is 0 Å². The van der Waals surface area contributed by atoms with E-state index in [4.69, 9.17) is 5.84 Å². The van der Waals surface area contributed by atoms with Crippen LogP contribution in [-0.4, -0.2) is 14.3 Å². The van der Waals surface area contributed by atoms with Crippen LogP contribution in [0.1, 0.15) is 42.3 Å². The number of nitrogens with two attached hydrogens (primary N) is 1. The Morgan fingerprint density at radius 3 is 2.16 bits per heavy atom. The first-order valence-corrected chi connectivity index (χ1v) is 9.28. The molecule has 0 heterocycles. The summed E-state index contributed by atoms with van der Waals surface area (Å²) in [6, 6.07) is 11.5. The number of benzene rings is 2. The second-order valence-corrected chi connectivity index (χ2v) is 8.58. The number of hydrazine groups is 1. The Morgan fingerprint density at radius 1 is 1.04 bits per heavy atom. The van der Waals surface area contributed by atoms with Gasteiger partial charge in [-0.15, -0.1) is 0 Å². The Hall–Kier alpha value is -2.38. The van der Waals surface area contributed by atoms with Gasteiger partial charge in [0.25, 0.3) is 15.9 Å². The molecule has 1 amide bonds. The van der Waals surface area contributed by atoms with Gasteiger partial charge in [-0.1, -0.05) is 44.5 Å². The van der Waals surface area contributed by atoms with E-state index >= 15 is 0 Å². The minimum atomic E-state index is -3.82.